The second kappa shape index (κ2) is 8.28. The van der Waals surface area contributed by atoms with Gasteiger partial charge in [-0.05, 0) is 43.0 Å². The van der Waals surface area contributed by atoms with Crippen LogP contribution in [0.25, 0.3) is 0 Å². The highest BCUT2D eigenvalue weighted by molar-refractivity contribution is 5.29. The van der Waals surface area contributed by atoms with Crippen LogP contribution in [0, 0.1) is 5.92 Å². The van der Waals surface area contributed by atoms with Gasteiger partial charge in [-0.25, -0.2) is 0 Å². The molecule has 0 bridgehead atoms. The van der Waals surface area contributed by atoms with E-state index in [4.69, 9.17) is 9.47 Å². The van der Waals surface area contributed by atoms with Crippen LogP contribution in [0.4, 0.5) is 0 Å². The highest BCUT2D eigenvalue weighted by Gasteiger charge is 2.20. The van der Waals surface area contributed by atoms with Crippen LogP contribution in [-0.4, -0.2) is 26.9 Å². The Morgan fingerprint density at radius 2 is 2.00 bits per heavy atom. The Labute approximate surface area is 122 Å². The van der Waals surface area contributed by atoms with Crippen molar-refractivity contribution in [2.24, 2.45) is 5.92 Å². The zero-order chi connectivity index (χ0) is 14.2. The molecule has 0 radical (unpaired) electrons. The molecular formula is C17H27NO2. The Bertz CT molecular complexity index is 373. The standard InChI is InChI=1S/C17H27NO2/c1-3-11-18-17(13-20-12-10-14-4-5-14)15-6-8-16(19-2)9-7-15/h6-9,14,17-18H,3-5,10-13H2,1-2H3. The van der Waals surface area contributed by atoms with Crippen LogP contribution >= 0.6 is 0 Å². The van der Waals surface area contributed by atoms with E-state index in [1.807, 2.05) is 12.1 Å². The minimum absolute atomic E-state index is 0.278. The Balaban J connectivity index is 1.82. The van der Waals surface area contributed by atoms with E-state index in [1.165, 1.54) is 24.8 Å². The molecule has 1 saturated carbocycles. The first-order valence-corrected chi connectivity index (χ1v) is 7.78. The van der Waals surface area contributed by atoms with Gasteiger partial charge in [0, 0.05) is 6.61 Å². The lowest BCUT2D eigenvalue weighted by molar-refractivity contribution is 0.106. The molecule has 0 aliphatic heterocycles. The van der Waals surface area contributed by atoms with Gasteiger partial charge >= 0.3 is 0 Å². The topological polar surface area (TPSA) is 30.5 Å². The Morgan fingerprint density at radius 1 is 1.25 bits per heavy atom. The van der Waals surface area contributed by atoms with Crippen molar-refractivity contribution in [1.29, 1.82) is 0 Å². The summed E-state index contributed by atoms with van der Waals surface area (Å²) in [4.78, 5) is 0. The summed E-state index contributed by atoms with van der Waals surface area (Å²) in [5, 5.41) is 3.56. The van der Waals surface area contributed by atoms with Crippen LogP contribution in [0.15, 0.2) is 24.3 Å². The molecule has 0 aromatic heterocycles. The molecule has 20 heavy (non-hydrogen) atoms. The minimum Gasteiger partial charge on any atom is -0.497 e. The Morgan fingerprint density at radius 3 is 2.60 bits per heavy atom. The fraction of sp³-hybridized carbons (Fsp3) is 0.647. The SMILES string of the molecule is CCCNC(COCCC1CC1)c1ccc(OC)cc1. The number of rotatable bonds is 10. The summed E-state index contributed by atoms with van der Waals surface area (Å²) in [6.45, 7) is 4.85. The molecule has 0 amide bonds. The highest BCUT2D eigenvalue weighted by atomic mass is 16.5. The van der Waals surface area contributed by atoms with Gasteiger partial charge in [-0.2, -0.15) is 0 Å². The molecule has 0 spiro atoms. The third kappa shape index (κ3) is 5.14. The van der Waals surface area contributed by atoms with Gasteiger partial charge in [-0.15, -0.1) is 0 Å². The average Bonchev–Trinajstić information content (AvgIpc) is 3.31. The number of nitrogens with one attached hydrogen (secondary N) is 1. The van der Waals surface area contributed by atoms with E-state index in [0.29, 0.717) is 0 Å². The first kappa shape index (κ1) is 15.3. The number of hydrogen-bond donors (Lipinski definition) is 1. The second-order valence-corrected chi connectivity index (χ2v) is 5.59. The molecule has 1 N–H and O–H groups in total. The van der Waals surface area contributed by atoms with Crippen LogP contribution in [0.3, 0.4) is 0 Å². The van der Waals surface area contributed by atoms with Crippen LogP contribution in [0.2, 0.25) is 0 Å². The summed E-state index contributed by atoms with van der Waals surface area (Å²) in [5.41, 5.74) is 1.27. The molecule has 3 heteroatoms. The highest BCUT2D eigenvalue weighted by Crippen LogP contribution is 2.32. The molecule has 1 aliphatic rings. The molecule has 1 fully saturated rings. The van der Waals surface area contributed by atoms with Gasteiger partial charge in [0.15, 0.2) is 0 Å². The van der Waals surface area contributed by atoms with E-state index in [1.54, 1.807) is 7.11 Å². The third-order valence-electron chi connectivity index (χ3n) is 3.81. The molecule has 1 aromatic carbocycles. The predicted molar refractivity (Wildman–Crippen MR) is 82.2 cm³/mol. The summed E-state index contributed by atoms with van der Waals surface area (Å²) >= 11 is 0. The van der Waals surface area contributed by atoms with Gasteiger partial charge in [-0.3, -0.25) is 0 Å². The maximum atomic E-state index is 5.86. The summed E-state index contributed by atoms with van der Waals surface area (Å²) in [6, 6.07) is 8.55. The van der Waals surface area contributed by atoms with E-state index < -0.39 is 0 Å². The second-order valence-electron chi connectivity index (χ2n) is 5.59. The van der Waals surface area contributed by atoms with Crippen molar-refractivity contribution in [3.63, 3.8) is 0 Å². The van der Waals surface area contributed by atoms with Crippen LogP contribution in [0.1, 0.15) is 44.2 Å². The van der Waals surface area contributed by atoms with Crippen LogP contribution in [0.5, 0.6) is 5.75 Å². The first-order valence-electron chi connectivity index (χ1n) is 7.78. The fourth-order valence-electron chi connectivity index (χ4n) is 2.29. The number of hydrogen-bond acceptors (Lipinski definition) is 3. The lowest BCUT2D eigenvalue weighted by atomic mass is 10.1. The van der Waals surface area contributed by atoms with Crippen molar-refractivity contribution in [2.75, 3.05) is 26.9 Å². The van der Waals surface area contributed by atoms with Gasteiger partial charge in [0.05, 0.1) is 19.8 Å². The maximum Gasteiger partial charge on any atom is 0.118 e. The van der Waals surface area contributed by atoms with Gasteiger partial charge in [0.2, 0.25) is 0 Å². The number of ether oxygens (including phenoxy) is 2. The molecule has 3 nitrogen and oxygen atoms in total. The molecule has 1 aromatic rings. The summed E-state index contributed by atoms with van der Waals surface area (Å²) in [5.74, 6) is 1.84. The van der Waals surface area contributed by atoms with Gasteiger partial charge in [0.1, 0.15) is 5.75 Å². The van der Waals surface area contributed by atoms with Crippen molar-refractivity contribution in [1.82, 2.24) is 5.32 Å². The van der Waals surface area contributed by atoms with E-state index in [-0.39, 0.29) is 6.04 Å². The maximum absolute atomic E-state index is 5.86. The summed E-state index contributed by atoms with van der Waals surface area (Å²) < 4.78 is 11.1. The lowest BCUT2D eigenvalue weighted by Crippen LogP contribution is -2.26. The number of benzene rings is 1. The molecule has 1 atom stereocenters. The van der Waals surface area contributed by atoms with Crippen LogP contribution in [-0.2, 0) is 4.74 Å². The molecular weight excluding hydrogens is 250 g/mol. The van der Waals surface area contributed by atoms with E-state index in [0.717, 1.165) is 37.8 Å². The van der Waals surface area contributed by atoms with Crippen molar-refractivity contribution < 1.29 is 9.47 Å². The van der Waals surface area contributed by atoms with Crippen molar-refractivity contribution >= 4 is 0 Å². The smallest absolute Gasteiger partial charge is 0.118 e. The monoisotopic (exact) mass is 277 g/mol. The Hall–Kier alpha value is -1.06. The fourth-order valence-corrected chi connectivity index (χ4v) is 2.29. The van der Waals surface area contributed by atoms with E-state index in [2.05, 4.69) is 24.4 Å². The Kier molecular flexibility index (Phi) is 6.34. The predicted octanol–water partition coefficient (Wildman–Crippen LogP) is 3.55. The molecule has 0 saturated heterocycles. The zero-order valence-corrected chi connectivity index (χ0v) is 12.7. The quantitative estimate of drug-likeness (QED) is 0.663. The minimum atomic E-state index is 0.278. The zero-order valence-electron chi connectivity index (χ0n) is 12.7. The van der Waals surface area contributed by atoms with Crippen molar-refractivity contribution in [2.45, 2.75) is 38.6 Å². The van der Waals surface area contributed by atoms with E-state index in [9.17, 15) is 0 Å². The van der Waals surface area contributed by atoms with Gasteiger partial charge in [0.25, 0.3) is 0 Å². The molecule has 1 aliphatic carbocycles. The molecule has 2 rings (SSSR count). The van der Waals surface area contributed by atoms with Crippen molar-refractivity contribution in [3.8, 4) is 5.75 Å². The first-order chi connectivity index (χ1) is 9.83. The molecule has 112 valence electrons. The van der Waals surface area contributed by atoms with Gasteiger partial charge < -0.3 is 14.8 Å². The normalized spacial score (nSPS) is 16.1. The summed E-state index contributed by atoms with van der Waals surface area (Å²) in [6.07, 6.45) is 5.16. The molecule has 0 heterocycles. The van der Waals surface area contributed by atoms with Crippen molar-refractivity contribution in [3.05, 3.63) is 29.8 Å². The molecule has 1 unspecified atom stereocenters. The summed E-state index contributed by atoms with van der Waals surface area (Å²) in [7, 11) is 1.70. The average molecular weight is 277 g/mol. The van der Waals surface area contributed by atoms with E-state index >= 15 is 0 Å². The largest absolute Gasteiger partial charge is 0.497 e. The third-order valence-corrected chi connectivity index (χ3v) is 3.81. The van der Waals surface area contributed by atoms with Crippen LogP contribution < -0.4 is 10.1 Å². The lowest BCUT2D eigenvalue weighted by Gasteiger charge is -2.19. The van der Waals surface area contributed by atoms with Gasteiger partial charge in [-0.1, -0.05) is 31.9 Å². The number of methoxy groups -OCH3 is 1.